The average Bonchev–Trinajstić information content (AvgIpc) is 2.85. The number of carboxylic acids is 1. The maximum Gasteiger partial charge on any atom is 0.335 e. The summed E-state index contributed by atoms with van der Waals surface area (Å²) in [5, 5.41) is 8.91. The molecule has 0 spiro atoms. The minimum absolute atomic E-state index is 0.0839. The zero-order valence-electron chi connectivity index (χ0n) is 11.5. The highest BCUT2D eigenvalue weighted by Crippen LogP contribution is 2.19. The molecule has 112 valence electrons. The van der Waals surface area contributed by atoms with Gasteiger partial charge < -0.3 is 9.52 Å². The molecule has 0 fully saturated rings. The number of carbonyl (C=O) groups is 1. The van der Waals surface area contributed by atoms with Crippen LogP contribution in [0, 0.1) is 6.92 Å². The van der Waals surface area contributed by atoms with Crippen molar-refractivity contribution in [2.45, 2.75) is 24.8 Å². The first-order valence-electron chi connectivity index (χ1n) is 6.21. The molecule has 0 aliphatic rings. The van der Waals surface area contributed by atoms with E-state index in [1.807, 2.05) is 0 Å². The molecule has 2 N–H and O–H groups in total. The molecular weight excluding hydrogens is 294 g/mol. The van der Waals surface area contributed by atoms with Crippen molar-refractivity contribution in [1.29, 1.82) is 0 Å². The fourth-order valence-corrected chi connectivity index (χ4v) is 3.10. The van der Waals surface area contributed by atoms with Gasteiger partial charge in [0, 0.05) is 0 Å². The predicted molar refractivity (Wildman–Crippen MR) is 75.6 cm³/mol. The average molecular weight is 309 g/mol. The molecule has 1 aromatic carbocycles. The van der Waals surface area contributed by atoms with E-state index in [2.05, 4.69) is 4.72 Å². The molecule has 0 amide bonds. The number of hydrogen-bond donors (Lipinski definition) is 2. The smallest absolute Gasteiger partial charge is 0.335 e. The molecule has 1 unspecified atom stereocenters. The summed E-state index contributed by atoms with van der Waals surface area (Å²) in [4.78, 5) is 10.8. The van der Waals surface area contributed by atoms with Crippen molar-refractivity contribution in [2.24, 2.45) is 0 Å². The Morgan fingerprint density at radius 2 is 2.00 bits per heavy atom. The van der Waals surface area contributed by atoms with E-state index in [-0.39, 0.29) is 10.5 Å². The van der Waals surface area contributed by atoms with Crippen molar-refractivity contribution in [3.63, 3.8) is 0 Å². The highest BCUT2D eigenvalue weighted by atomic mass is 32.2. The van der Waals surface area contributed by atoms with Gasteiger partial charge in [-0.05, 0) is 44.2 Å². The number of carboxylic acid groups (broad SMARTS) is 1. The molecular formula is C14H15NO5S. The van der Waals surface area contributed by atoms with Crippen LogP contribution < -0.4 is 4.72 Å². The number of benzene rings is 1. The molecule has 21 heavy (non-hydrogen) atoms. The normalized spacial score (nSPS) is 13.0. The molecule has 0 radical (unpaired) electrons. The molecule has 0 bridgehead atoms. The summed E-state index contributed by atoms with van der Waals surface area (Å²) >= 11 is 0. The highest BCUT2D eigenvalue weighted by molar-refractivity contribution is 7.89. The van der Waals surface area contributed by atoms with Gasteiger partial charge in [-0.2, -0.15) is 0 Å². The number of sulfonamides is 1. The number of rotatable bonds is 5. The highest BCUT2D eigenvalue weighted by Gasteiger charge is 2.21. The molecule has 0 aliphatic carbocycles. The summed E-state index contributed by atoms with van der Waals surface area (Å²) in [6.45, 7) is 3.41. The monoisotopic (exact) mass is 309 g/mol. The van der Waals surface area contributed by atoms with Crippen molar-refractivity contribution < 1.29 is 22.7 Å². The van der Waals surface area contributed by atoms with Gasteiger partial charge in [0.05, 0.1) is 16.5 Å². The van der Waals surface area contributed by atoms with Gasteiger partial charge >= 0.3 is 5.97 Å². The van der Waals surface area contributed by atoms with Gasteiger partial charge in [-0.1, -0.05) is 6.07 Å². The van der Waals surface area contributed by atoms with E-state index in [9.17, 15) is 13.2 Å². The van der Waals surface area contributed by atoms with Crippen LogP contribution in [0.3, 0.4) is 0 Å². The van der Waals surface area contributed by atoms with Crippen molar-refractivity contribution in [3.8, 4) is 0 Å². The molecule has 0 aliphatic heterocycles. The summed E-state index contributed by atoms with van der Waals surface area (Å²) in [6, 6.07) is 8.05. The molecule has 0 saturated carbocycles. The summed E-state index contributed by atoms with van der Waals surface area (Å²) in [5.41, 5.74) is -0.0839. The Labute approximate surface area is 122 Å². The van der Waals surface area contributed by atoms with Gasteiger partial charge in [-0.15, -0.1) is 0 Å². The van der Waals surface area contributed by atoms with Gasteiger partial charge in [0.1, 0.15) is 11.5 Å². The van der Waals surface area contributed by atoms with Gasteiger partial charge in [-0.25, -0.2) is 17.9 Å². The van der Waals surface area contributed by atoms with Crippen LogP contribution in [0.4, 0.5) is 0 Å². The first kappa shape index (κ1) is 15.3. The van der Waals surface area contributed by atoms with Crippen LogP contribution in [0.25, 0.3) is 0 Å². The van der Waals surface area contributed by atoms with Crippen molar-refractivity contribution in [1.82, 2.24) is 4.72 Å². The fourth-order valence-electron chi connectivity index (χ4n) is 1.84. The van der Waals surface area contributed by atoms with E-state index in [4.69, 9.17) is 9.52 Å². The lowest BCUT2D eigenvalue weighted by molar-refractivity contribution is 0.0696. The van der Waals surface area contributed by atoms with E-state index >= 15 is 0 Å². The van der Waals surface area contributed by atoms with Gasteiger partial charge in [0.25, 0.3) is 0 Å². The lowest BCUT2D eigenvalue weighted by Crippen LogP contribution is -2.26. The Morgan fingerprint density at radius 3 is 2.57 bits per heavy atom. The van der Waals surface area contributed by atoms with Crippen LogP contribution >= 0.6 is 0 Å². The van der Waals surface area contributed by atoms with E-state index in [1.165, 1.54) is 18.2 Å². The Hall–Kier alpha value is -2.12. The second kappa shape index (κ2) is 5.71. The third-order valence-electron chi connectivity index (χ3n) is 2.91. The molecule has 1 heterocycles. The molecule has 7 heteroatoms. The maximum atomic E-state index is 12.3. The lowest BCUT2D eigenvalue weighted by atomic mass is 10.2. The Bertz CT molecular complexity index is 763. The second-order valence-corrected chi connectivity index (χ2v) is 6.34. The van der Waals surface area contributed by atoms with E-state index in [0.29, 0.717) is 11.5 Å². The standard InChI is InChI=1S/C14H15NO5S/c1-9-6-7-13(20-9)10(2)15-21(18,19)12-5-3-4-11(8-12)14(16)17/h3-8,10,15H,1-2H3,(H,16,17). The summed E-state index contributed by atoms with van der Waals surface area (Å²) in [5.74, 6) is -0.00357. The number of aryl methyl sites for hydroxylation is 1. The Morgan fingerprint density at radius 1 is 1.29 bits per heavy atom. The molecule has 2 rings (SSSR count). The van der Waals surface area contributed by atoms with E-state index in [0.717, 1.165) is 6.07 Å². The van der Waals surface area contributed by atoms with Gasteiger partial charge in [-0.3, -0.25) is 0 Å². The number of nitrogens with one attached hydrogen (secondary N) is 1. The minimum atomic E-state index is -3.83. The number of hydrogen-bond acceptors (Lipinski definition) is 4. The van der Waals surface area contributed by atoms with Crippen LogP contribution in [0.5, 0.6) is 0 Å². The van der Waals surface area contributed by atoms with Crippen LogP contribution in [-0.4, -0.2) is 19.5 Å². The topological polar surface area (TPSA) is 96.6 Å². The Kier molecular flexibility index (Phi) is 4.15. The van der Waals surface area contributed by atoms with Gasteiger partial charge in [0.15, 0.2) is 0 Å². The lowest BCUT2D eigenvalue weighted by Gasteiger charge is -2.12. The van der Waals surface area contributed by atoms with Crippen LogP contribution in [0.1, 0.15) is 34.8 Å². The van der Waals surface area contributed by atoms with E-state index in [1.54, 1.807) is 26.0 Å². The maximum absolute atomic E-state index is 12.3. The molecule has 2 aromatic rings. The molecule has 6 nitrogen and oxygen atoms in total. The Balaban J connectivity index is 2.26. The zero-order valence-corrected chi connectivity index (χ0v) is 12.3. The van der Waals surface area contributed by atoms with E-state index < -0.39 is 22.0 Å². The molecule has 0 saturated heterocycles. The quantitative estimate of drug-likeness (QED) is 0.883. The fraction of sp³-hybridized carbons (Fsp3) is 0.214. The SMILES string of the molecule is Cc1ccc(C(C)NS(=O)(=O)c2cccc(C(=O)O)c2)o1. The molecule has 1 aromatic heterocycles. The van der Waals surface area contributed by atoms with Crippen molar-refractivity contribution in [2.75, 3.05) is 0 Å². The first-order chi connectivity index (χ1) is 9.79. The largest absolute Gasteiger partial charge is 0.478 e. The first-order valence-corrected chi connectivity index (χ1v) is 7.70. The van der Waals surface area contributed by atoms with Crippen LogP contribution in [0.15, 0.2) is 45.7 Å². The third-order valence-corrected chi connectivity index (χ3v) is 4.45. The van der Waals surface area contributed by atoms with Gasteiger partial charge in [0.2, 0.25) is 10.0 Å². The van der Waals surface area contributed by atoms with Crippen molar-refractivity contribution >= 4 is 16.0 Å². The second-order valence-electron chi connectivity index (χ2n) is 4.62. The molecule has 1 atom stereocenters. The minimum Gasteiger partial charge on any atom is -0.478 e. The van der Waals surface area contributed by atoms with Crippen LogP contribution in [0.2, 0.25) is 0 Å². The summed E-state index contributed by atoms with van der Waals surface area (Å²) < 4.78 is 32.3. The third kappa shape index (κ3) is 3.50. The summed E-state index contributed by atoms with van der Waals surface area (Å²) in [6.07, 6.45) is 0. The number of furan rings is 1. The van der Waals surface area contributed by atoms with Crippen molar-refractivity contribution in [3.05, 3.63) is 53.5 Å². The predicted octanol–water partition coefficient (Wildman–Crippen LogP) is 2.33. The van der Waals surface area contributed by atoms with Crippen LogP contribution in [-0.2, 0) is 10.0 Å². The number of aromatic carboxylic acids is 1. The zero-order chi connectivity index (χ0) is 15.6. The summed E-state index contributed by atoms with van der Waals surface area (Å²) in [7, 11) is -3.83.